The SMILES string of the molecule is CCC(C)[C@H](N)C(=O)N1CC(=O)NC(=O)C1. The molecule has 1 saturated heterocycles. The van der Waals surface area contributed by atoms with Gasteiger partial charge in [0.05, 0.1) is 6.04 Å². The molecule has 0 bridgehead atoms. The van der Waals surface area contributed by atoms with Crippen LogP contribution in [0.25, 0.3) is 0 Å². The van der Waals surface area contributed by atoms with E-state index in [2.05, 4.69) is 5.32 Å². The van der Waals surface area contributed by atoms with E-state index < -0.39 is 17.9 Å². The maximum Gasteiger partial charge on any atom is 0.246 e. The highest BCUT2D eigenvalue weighted by molar-refractivity contribution is 6.03. The predicted octanol–water partition coefficient (Wildman–Crippen LogP) is -1.16. The molecule has 0 aromatic heterocycles. The molecule has 1 fully saturated rings. The number of hydrogen-bond acceptors (Lipinski definition) is 4. The van der Waals surface area contributed by atoms with Gasteiger partial charge in [0, 0.05) is 0 Å². The molecule has 1 heterocycles. The molecule has 3 N–H and O–H groups in total. The minimum atomic E-state index is -0.649. The van der Waals surface area contributed by atoms with E-state index in [-0.39, 0.29) is 24.9 Å². The average molecular weight is 227 g/mol. The van der Waals surface area contributed by atoms with Crippen LogP contribution >= 0.6 is 0 Å². The van der Waals surface area contributed by atoms with Gasteiger partial charge in [0.15, 0.2) is 0 Å². The monoisotopic (exact) mass is 227 g/mol. The minimum Gasteiger partial charge on any atom is -0.323 e. The van der Waals surface area contributed by atoms with Crippen LogP contribution in [-0.4, -0.2) is 41.8 Å². The Morgan fingerprint density at radius 2 is 1.94 bits per heavy atom. The molecule has 6 heteroatoms. The van der Waals surface area contributed by atoms with Gasteiger partial charge >= 0.3 is 0 Å². The third kappa shape index (κ3) is 2.79. The quantitative estimate of drug-likeness (QED) is 0.595. The van der Waals surface area contributed by atoms with Gasteiger partial charge in [-0.05, 0) is 5.92 Å². The van der Waals surface area contributed by atoms with Gasteiger partial charge in [0.25, 0.3) is 0 Å². The first kappa shape index (κ1) is 12.6. The first-order chi connectivity index (χ1) is 7.45. The van der Waals surface area contributed by atoms with Crippen molar-refractivity contribution < 1.29 is 14.4 Å². The summed E-state index contributed by atoms with van der Waals surface area (Å²) in [6.07, 6.45) is 0.779. The number of carbonyl (C=O) groups is 3. The maximum absolute atomic E-state index is 11.9. The Morgan fingerprint density at radius 1 is 1.44 bits per heavy atom. The number of imide groups is 1. The highest BCUT2D eigenvalue weighted by atomic mass is 16.2. The fourth-order valence-corrected chi connectivity index (χ4v) is 1.50. The second-order valence-corrected chi connectivity index (χ2v) is 4.08. The van der Waals surface area contributed by atoms with Crippen LogP contribution in [0.4, 0.5) is 0 Å². The van der Waals surface area contributed by atoms with E-state index in [9.17, 15) is 14.4 Å². The summed E-state index contributed by atoms with van der Waals surface area (Å²) < 4.78 is 0. The zero-order valence-corrected chi connectivity index (χ0v) is 9.53. The van der Waals surface area contributed by atoms with Crippen molar-refractivity contribution in [3.05, 3.63) is 0 Å². The molecule has 0 aromatic carbocycles. The smallest absolute Gasteiger partial charge is 0.246 e. The summed E-state index contributed by atoms with van der Waals surface area (Å²) in [4.78, 5) is 35.2. The molecule has 1 aliphatic heterocycles. The lowest BCUT2D eigenvalue weighted by atomic mass is 9.98. The number of nitrogens with two attached hydrogens (primary N) is 1. The molecular weight excluding hydrogens is 210 g/mol. The fourth-order valence-electron chi connectivity index (χ4n) is 1.50. The Balaban J connectivity index is 2.66. The lowest BCUT2D eigenvalue weighted by Crippen LogP contribution is -2.57. The Kier molecular flexibility index (Phi) is 4.00. The summed E-state index contributed by atoms with van der Waals surface area (Å²) in [6, 6.07) is -0.649. The van der Waals surface area contributed by atoms with E-state index in [1.165, 1.54) is 4.90 Å². The Hall–Kier alpha value is -1.43. The standard InChI is InChI=1S/C10H17N3O3/c1-3-6(2)9(11)10(16)13-4-7(14)12-8(15)5-13/h6,9H,3-5,11H2,1-2H3,(H,12,14,15)/t6?,9-/m0/s1. The van der Waals surface area contributed by atoms with E-state index in [1.54, 1.807) is 0 Å². The molecule has 6 nitrogen and oxygen atoms in total. The highest BCUT2D eigenvalue weighted by Gasteiger charge is 2.31. The number of nitrogens with zero attached hydrogens (tertiary/aromatic N) is 1. The van der Waals surface area contributed by atoms with Crippen LogP contribution in [-0.2, 0) is 14.4 Å². The first-order valence-electron chi connectivity index (χ1n) is 5.32. The zero-order valence-electron chi connectivity index (χ0n) is 9.53. The number of piperazine rings is 1. The second kappa shape index (κ2) is 5.07. The number of carbonyl (C=O) groups excluding carboxylic acids is 3. The molecule has 0 radical (unpaired) electrons. The van der Waals surface area contributed by atoms with Crippen LogP contribution < -0.4 is 11.1 Å². The summed E-state index contributed by atoms with van der Waals surface area (Å²) in [5, 5.41) is 2.13. The molecule has 0 saturated carbocycles. The summed E-state index contributed by atoms with van der Waals surface area (Å²) in [7, 11) is 0. The van der Waals surface area contributed by atoms with Gasteiger partial charge in [-0.2, -0.15) is 0 Å². The molecule has 1 unspecified atom stereocenters. The summed E-state index contributed by atoms with van der Waals surface area (Å²) in [6.45, 7) is 3.63. The van der Waals surface area contributed by atoms with E-state index in [4.69, 9.17) is 5.73 Å². The number of rotatable bonds is 3. The van der Waals surface area contributed by atoms with Gasteiger partial charge in [0.1, 0.15) is 13.1 Å². The predicted molar refractivity (Wildman–Crippen MR) is 57.2 cm³/mol. The number of nitrogens with one attached hydrogen (secondary N) is 1. The van der Waals surface area contributed by atoms with Crippen LogP contribution in [0.5, 0.6) is 0 Å². The van der Waals surface area contributed by atoms with Crippen LogP contribution in [0.2, 0.25) is 0 Å². The van der Waals surface area contributed by atoms with Gasteiger partial charge in [-0.25, -0.2) is 0 Å². The minimum absolute atomic E-state index is 0.0348. The normalized spacial score (nSPS) is 20.3. The third-order valence-corrected chi connectivity index (χ3v) is 2.80. The molecule has 0 aliphatic carbocycles. The van der Waals surface area contributed by atoms with Crippen molar-refractivity contribution in [3.8, 4) is 0 Å². The second-order valence-electron chi connectivity index (χ2n) is 4.08. The number of hydrogen-bond donors (Lipinski definition) is 2. The van der Waals surface area contributed by atoms with E-state index in [0.717, 1.165) is 6.42 Å². The van der Waals surface area contributed by atoms with Crippen molar-refractivity contribution in [2.24, 2.45) is 11.7 Å². The molecule has 0 spiro atoms. The molecule has 3 amide bonds. The Morgan fingerprint density at radius 3 is 2.38 bits per heavy atom. The van der Waals surface area contributed by atoms with Crippen molar-refractivity contribution in [1.82, 2.24) is 10.2 Å². The molecule has 90 valence electrons. The van der Waals surface area contributed by atoms with Crippen molar-refractivity contribution in [2.45, 2.75) is 26.3 Å². The summed E-state index contributed by atoms with van der Waals surface area (Å²) >= 11 is 0. The fraction of sp³-hybridized carbons (Fsp3) is 0.700. The highest BCUT2D eigenvalue weighted by Crippen LogP contribution is 2.09. The van der Waals surface area contributed by atoms with E-state index in [0.29, 0.717) is 0 Å². The molecular formula is C10H17N3O3. The Bertz CT molecular complexity index is 300. The van der Waals surface area contributed by atoms with Gasteiger partial charge < -0.3 is 10.6 Å². The van der Waals surface area contributed by atoms with Crippen LogP contribution in [0.15, 0.2) is 0 Å². The summed E-state index contributed by atoms with van der Waals surface area (Å²) in [5.41, 5.74) is 5.76. The van der Waals surface area contributed by atoms with Crippen LogP contribution in [0, 0.1) is 5.92 Å². The molecule has 1 rings (SSSR count). The van der Waals surface area contributed by atoms with Crippen LogP contribution in [0.3, 0.4) is 0 Å². The lowest BCUT2D eigenvalue weighted by molar-refractivity contribution is -0.146. The molecule has 16 heavy (non-hydrogen) atoms. The Labute approximate surface area is 94.2 Å². The van der Waals surface area contributed by atoms with E-state index in [1.807, 2.05) is 13.8 Å². The van der Waals surface area contributed by atoms with Crippen molar-refractivity contribution in [3.63, 3.8) is 0 Å². The average Bonchev–Trinajstić information content (AvgIpc) is 2.24. The van der Waals surface area contributed by atoms with Crippen molar-refractivity contribution in [1.29, 1.82) is 0 Å². The van der Waals surface area contributed by atoms with Crippen LogP contribution in [0.1, 0.15) is 20.3 Å². The number of amides is 3. The zero-order chi connectivity index (χ0) is 12.3. The lowest BCUT2D eigenvalue weighted by Gasteiger charge is -2.29. The van der Waals surface area contributed by atoms with Gasteiger partial charge in [-0.1, -0.05) is 20.3 Å². The van der Waals surface area contributed by atoms with Crippen molar-refractivity contribution in [2.75, 3.05) is 13.1 Å². The maximum atomic E-state index is 11.9. The molecule has 2 atom stereocenters. The van der Waals surface area contributed by atoms with Gasteiger partial charge in [0.2, 0.25) is 17.7 Å². The van der Waals surface area contributed by atoms with Crippen molar-refractivity contribution >= 4 is 17.7 Å². The van der Waals surface area contributed by atoms with Gasteiger partial charge in [-0.3, -0.25) is 19.7 Å². The summed E-state index contributed by atoms with van der Waals surface area (Å²) in [5.74, 6) is -1.22. The third-order valence-electron chi connectivity index (χ3n) is 2.80. The first-order valence-corrected chi connectivity index (χ1v) is 5.32. The molecule has 1 aliphatic rings. The van der Waals surface area contributed by atoms with E-state index >= 15 is 0 Å². The van der Waals surface area contributed by atoms with Gasteiger partial charge in [-0.15, -0.1) is 0 Å². The largest absolute Gasteiger partial charge is 0.323 e. The topological polar surface area (TPSA) is 92.5 Å². The molecule has 0 aromatic rings.